The first kappa shape index (κ1) is 20.3. The van der Waals surface area contributed by atoms with Crippen molar-refractivity contribution in [3.05, 3.63) is 11.6 Å². The number of carboxylic acid groups (broad SMARTS) is 1. The monoisotopic (exact) mass is 248 g/mol. The molecule has 0 radical (unpaired) electrons. The molecule has 0 bridgehead atoms. The second kappa shape index (κ2) is 13.9. The van der Waals surface area contributed by atoms with Gasteiger partial charge in [0.15, 0.2) is 0 Å². The van der Waals surface area contributed by atoms with Gasteiger partial charge in [0, 0.05) is 5.57 Å². The predicted octanol–water partition coefficient (Wildman–Crippen LogP) is -1.84. The minimum absolute atomic E-state index is 0. The molecule has 0 amide bonds. The molecule has 0 aromatic rings. The Kier molecular flexibility index (Phi) is 20.2. The number of carboxylic acids is 1. The predicted molar refractivity (Wildman–Crippen MR) is 47.8 cm³/mol. The van der Waals surface area contributed by atoms with Crippen LogP contribution in [0.15, 0.2) is 11.6 Å². The van der Waals surface area contributed by atoms with Gasteiger partial charge in [0.05, 0.1) is 11.4 Å². The molecule has 0 heterocycles. The van der Waals surface area contributed by atoms with E-state index in [4.69, 9.17) is 18.4 Å². The molecule has 0 saturated carbocycles. The molecular weight excluding hydrogens is 235 g/mol. The Morgan fingerprint density at radius 1 is 1.57 bits per heavy atom. The van der Waals surface area contributed by atoms with Crippen molar-refractivity contribution in [2.24, 2.45) is 0 Å². The Morgan fingerprint density at radius 2 is 1.93 bits per heavy atom. The number of hydrogen-bond acceptors (Lipinski definition) is 3. The van der Waals surface area contributed by atoms with Gasteiger partial charge in [-0.15, -0.1) is 0 Å². The summed E-state index contributed by atoms with van der Waals surface area (Å²) in [5.74, 6) is -0.816. The van der Waals surface area contributed by atoms with Crippen LogP contribution in [-0.4, -0.2) is 24.4 Å². The number of allylic oxidation sites excluding steroid dienone is 1. The van der Waals surface area contributed by atoms with Gasteiger partial charge in [0.2, 0.25) is 0 Å². The zero-order valence-electron chi connectivity index (χ0n) is 8.52. The van der Waals surface area contributed by atoms with Crippen molar-refractivity contribution in [3.8, 4) is 0 Å². The van der Waals surface area contributed by atoms with Gasteiger partial charge in [0.1, 0.15) is 0 Å². The van der Waals surface area contributed by atoms with Crippen LogP contribution < -0.4 is 51.4 Å². The van der Waals surface area contributed by atoms with Gasteiger partial charge in [-0.1, -0.05) is 19.4 Å². The maximum atomic E-state index is 10.1. The largest absolute Gasteiger partial charge is 1.00 e. The maximum absolute atomic E-state index is 10.1. The molecule has 0 aromatic heterocycles. The van der Waals surface area contributed by atoms with Crippen LogP contribution >= 0.6 is 0 Å². The second-order valence-corrected chi connectivity index (χ2v) is 2.63. The van der Waals surface area contributed by atoms with E-state index < -0.39 is 17.3 Å². The van der Waals surface area contributed by atoms with E-state index in [1.54, 1.807) is 13.0 Å². The molecule has 0 aliphatic heterocycles. The van der Waals surface area contributed by atoms with Crippen molar-refractivity contribution in [3.63, 3.8) is 0 Å². The summed E-state index contributed by atoms with van der Waals surface area (Å²) >= 11 is -2.86. The summed E-state index contributed by atoms with van der Waals surface area (Å²) in [5, 5.41) is 8.34. The fraction of sp³-hybridized carbons (Fsp3) is 0.571. The smallest absolute Gasteiger partial charge is 0.750 e. The summed E-state index contributed by atoms with van der Waals surface area (Å²) in [7, 11) is 0. The summed E-state index contributed by atoms with van der Waals surface area (Å²) in [6, 6.07) is 0. The Labute approximate surface area is 129 Å². The summed E-state index contributed by atoms with van der Waals surface area (Å²) in [6.07, 6.45) is 3.60. The molecule has 0 aliphatic carbocycles. The van der Waals surface area contributed by atoms with E-state index in [1.807, 2.05) is 6.92 Å². The second-order valence-electron chi connectivity index (χ2n) is 2.20. The normalized spacial score (nSPS) is 11.9. The van der Waals surface area contributed by atoms with Gasteiger partial charge < -0.3 is 14.2 Å². The standard InChI is InChI=1S/C7H12O2.K.H2O3S/c1-3-4-5-6(2)7(8)9;;1-4(2)3/h5H,3-4H2,1-2H3,(H,8,9);;(H2,1,2,3)/q;+1;/p-1. The van der Waals surface area contributed by atoms with Crippen molar-refractivity contribution < 1.29 is 74.6 Å². The first-order chi connectivity index (χ1) is 5.91. The van der Waals surface area contributed by atoms with Crippen LogP contribution in [0.1, 0.15) is 26.7 Å². The first-order valence-electron chi connectivity index (χ1n) is 3.60. The third-order valence-electron chi connectivity index (χ3n) is 1.08. The summed E-state index contributed by atoms with van der Waals surface area (Å²) in [5.41, 5.74) is 0.442. The van der Waals surface area contributed by atoms with E-state index in [2.05, 4.69) is 0 Å². The van der Waals surface area contributed by atoms with Crippen molar-refractivity contribution in [2.75, 3.05) is 0 Å². The molecule has 0 rings (SSSR count). The molecule has 2 N–H and O–H groups in total. The van der Waals surface area contributed by atoms with Crippen LogP contribution in [-0.2, 0) is 16.2 Å². The van der Waals surface area contributed by atoms with Crippen molar-refractivity contribution in [1.29, 1.82) is 0 Å². The maximum Gasteiger partial charge on any atom is 1.00 e. The molecule has 78 valence electrons. The van der Waals surface area contributed by atoms with Crippen LogP contribution in [0, 0.1) is 0 Å². The number of carbonyl (C=O) groups is 1. The van der Waals surface area contributed by atoms with Crippen LogP contribution in [0.25, 0.3) is 0 Å². The number of hydrogen-bond donors (Lipinski definition) is 2. The molecule has 14 heavy (non-hydrogen) atoms. The van der Waals surface area contributed by atoms with E-state index in [0.29, 0.717) is 5.57 Å². The molecule has 0 aromatic carbocycles. The topological polar surface area (TPSA) is 97.7 Å². The minimum atomic E-state index is -2.86. The van der Waals surface area contributed by atoms with Crippen LogP contribution in [0.5, 0.6) is 0 Å². The third-order valence-corrected chi connectivity index (χ3v) is 1.08. The quantitative estimate of drug-likeness (QED) is 0.347. The van der Waals surface area contributed by atoms with Crippen molar-refractivity contribution in [1.82, 2.24) is 0 Å². The fourth-order valence-electron chi connectivity index (χ4n) is 0.448. The first-order valence-corrected chi connectivity index (χ1v) is 4.63. The molecule has 1 atom stereocenters. The zero-order chi connectivity index (χ0) is 10.9. The summed E-state index contributed by atoms with van der Waals surface area (Å²) < 4.78 is 24.1. The van der Waals surface area contributed by atoms with Gasteiger partial charge >= 0.3 is 57.4 Å². The number of rotatable bonds is 3. The van der Waals surface area contributed by atoms with E-state index in [-0.39, 0.29) is 51.4 Å². The summed E-state index contributed by atoms with van der Waals surface area (Å²) in [4.78, 5) is 10.1. The number of unbranched alkanes of at least 4 members (excludes halogenated alkanes) is 1. The van der Waals surface area contributed by atoms with Crippen molar-refractivity contribution in [2.45, 2.75) is 26.7 Å². The van der Waals surface area contributed by atoms with E-state index in [0.717, 1.165) is 12.8 Å². The Hall–Kier alpha value is 0.916. The van der Waals surface area contributed by atoms with E-state index in [1.165, 1.54) is 0 Å². The molecule has 1 unspecified atom stereocenters. The molecule has 7 heteroatoms. The van der Waals surface area contributed by atoms with Crippen LogP contribution in [0.3, 0.4) is 0 Å². The van der Waals surface area contributed by atoms with Gasteiger partial charge in [-0.2, -0.15) is 0 Å². The van der Waals surface area contributed by atoms with Gasteiger partial charge in [-0.25, -0.2) is 9.00 Å². The van der Waals surface area contributed by atoms with Gasteiger partial charge in [-0.05, 0) is 13.3 Å². The van der Waals surface area contributed by atoms with Gasteiger partial charge in [0.25, 0.3) is 0 Å². The molecule has 0 spiro atoms. The van der Waals surface area contributed by atoms with Gasteiger partial charge in [-0.3, -0.25) is 0 Å². The molecule has 0 saturated heterocycles. The Bertz CT molecular complexity index is 200. The SMILES string of the molecule is CCCC=C(C)C(=O)O.O=S([O-])O.[K+]. The summed E-state index contributed by atoms with van der Waals surface area (Å²) in [6.45, 7) is 3.63. The Morgan fingerprint density at radius 3 is 2.14 bits per heavy atom. The van der Waals surface area contributed by atoms with Crippen LogP contribution in [0.4, 0.5) is 0 Å². The van der Waals surface area contributed by atoms with E-state index in [9.17, 15) is 4.79 Å². The number of aliphatic carboxylic acids is 1. The third kappa shape index (κ3) is 23.1. The molecule has 5 nitrogen and oxygen atoms in total. The average Bonchev–Trinajstić information content (AvgIpc) is 1.98. The minimum Gasteiger partial charge on any atom is -0.750 e. The Balaban J connectivity index is -0.000000209. The molecular formula is C7H13KO5S. The van der Waals surface area contributed by atoms with E-state index >= 15 is 0 Å². The average molecular weight is 248 g/mol. The fourth-order valence-corrected chi connectivity index (χ4v) is 0.448. The van der Waals surface area contributed by atoms with Crippen LogP contribution in [0.2, 0.25) is 0 Å². The van der Waals surface area contributed by atoms with Crippen molar-refractivity contribution >= 4 is 17.3 Å². The molecule has 0 aliphatic rings. The zero-order valence-corrected chi connectivity index (χ0v) is 12.5. The molecule has 0 fully saturated rings.